The van der Waals surface area contributed by atoms with Crippen LogP contribution in [0.2, 0.25) is 0 Å². The minimum absolute atomic E-state index is 0.0144. The highest BCUT2D eigenvalue weighted by Gasteiger charge is 2.31. The smallest absolute Gasteiger partial charge is 0.344 e. The van der Waals surface area contributed by atoms with Gasteiger partial charge < -0.3 is 14.4 Å². The second kappa shape index (κ2) is 10.2. The fourth-order valence-electron chi connectivity index (χ4n) is 5.36. The number of nitrogens with zero attached hydrogens (tertiary/aromatic N) is 4. The van der Waals surface area contributed by atoms with Crippen molar-refractivity contribution in [2.75, 3.05) is 19.9 Å². The highest BCUT2D eigenvalue weighted by atomic mass is 16.7. The molecule has 3 aliphatic heterocycles. The van der Waals surface area contributed by atoms with Crippen LogP contribution in [0.1, 0.15) is 42.0 Å². The Bertz CT molecular complexity index is 1480. The van der Waals surface area contributed by atoms with Crippen LogP contribution in [0.4, 0.5) is 10.5 Å². The Kier molecular flexibility index (Phi) is 6.48. The second-order valence-corrected chi connectivity index (χ2v) is 10.0. The van der Waals surface area contributed by atoms with Crippen molar-refractivity contribution >= 4 is 23.5 Å². The average molecular weight is 525 g/mol. The number of nitro groups is 1. The van der Waals surface area contributed by atoms with Gasteiger partial charge in [-0.15, -0.1) is 0 Å². The van der Waals surface area contributed by atoms with E-state index in [0.717, 1.165) is 30.4 Å². The number of amides is 2. The maximum absolute atomic E-state index is 13.8. The topological polar surface area (TPSA) is 97.5 Å². The molecule has 0 bridgehead atoms. The summed E-state index contributed by atoms with van der Waals surface area (Å²) in [5.74, 6) is 1.75. The Morgan fingerprint density at radius 2 is 1.72 bits per heavy atom. The molecule has 9 nitrogen and oxygen atoms in total. The molecule has 2 amide bonds. The van der Waals surface area contributed by atoms with E-state index in [1.807, 2.05) is 36.1 Å². The lowest BCUT2D eigenvalue weighted by Gasteiger charge is -2.34. The van der Waals surface area contributed by atoms with Crippen molar-refractivity contribution in [3.63, 3.8) is 0 Å². The number of hydrazone groups is 1. The number of hydrogen-bond donors (Lipinski definition) is 0. The predicted molar refractivity (Wildman–Crippen MR) is 147 cm³/mol. The monoisotopic (exact) mass is 524 g/mol. The number of benzene rings is 3. The lowest BCUT2D eigenvalue weighted by Crippen LogP contribution is -2.44. The number of carbonyl (C=O) groups excluding carboxylic acids is 1. The fraction of sp³-hybridized carbons (Fsp3) is 0.267. The van der Waals surface area contributed by atoms with E-state index in [1.165, 1.54) is 22.7 Å². The van der Waals surface area contributed by atoms with Gasteiger partial charge in [-0.2, -0.15) is 10.1 Å². The Labute approximate surface area is 226 Å². The molecule has 0 spiro atoms. The number of fused-ring (bicyclic) bond motifs is 2. The number of hydrogen-bond acceptors (Lipinski definition) is 6. The predicted octanol–water partition coefficient (Wildman–Crippen LogP) is 5.83. The SMILES string of the molecule is CC1=Cc2cc3c(cc2C(c2ccc([N+](=O)[O-])cc2)=NN1C(=O)N1CCC(Cc2ccccc2)CC1)OCO3. The van der Waals surface area contributed by atoms with Crippen LogP contribution in [0.5, 0.6) is 11.5 Å². The van der Waals surface area contributed by atoms with Crippen LogP contribution >= 0.6 is 0 Å². The molecular weight excluding hydrogens is 496 g/mol. The minimum atomic E-state index is -0.437. The van der Waals surface area contributed by atoms with Crippen LogP contribution in [-0.2, 0) is 6.42 Å². The van der Waals surface area contributed by atoms with Gasteiger partial charge in [0, 0.05) is 42.0 Å². The molecule has 0 unspecified atom stereocenters. The standard InChI is InChI=1S/C30H28N4O5/c1-20-15-24-17-27-28(39-19-38-27)18-26(24)29(23-7-9-25(10-8-23)34(36)37)31-33(20)30(35)32-13-11-22(12-14-32)16-21-5-3-2-4-6-21/h2-10,15,17-18,22H,11-14,16,19H2,1H3. The Hall–Kier alpha value is -4.66. The van der Waals surface area contributed by atoms with Crippen LogP contribution in [0.3, 0.4) is 0 Å². The van der Waals surface area contributed by atoms with E-state index in [-0.39, 0.29) is 18.5 Å². The Morgan fingerprint density at radius 3 is 2.41 bits per heavy atom. The third-order valence-corrected chi connectivity index (χ3v) is 7.48. The van der Waals surface area contributed by atoms with Crippen molar-refractivity contribution in [1.82, 2.24) is 9.91 Å². The van der Waals surface area contributed by atoms with Gasteiger partial charge in [0.1, 0.15) is 0 Å². The maximum Gasteiger partial charge on any atom is 0.344 e. The number of non-ortho nitro benzene ring substituents is 1. The van der Waals surface area contributed by atoms with Gasteiger partial charge in [-0.3, -0.25) is 10.1 Å². The summed E-state index contributed by atoms with van der Waals surface area (Å²) < 4.78 is 11.2. The first-order valence-electron chi connectivity index (χ1n) is 13.0. The molecule has 198 valence electrons. The summed E-state index contributed by atoms with van der Waals surface area (Å²) >= 11 is 0. The molecule has 0 aromatic heterocycles. The lowest BCUT2D eigenvalue weighted by atomic mass is 9.90. The third-order valence-electron chi connectivity index (χ3n) is 7.48. The quantitative estimate of drug-likeness (QED) is 0.316. The molecule has 1 saturated heterocycles. The van der Waals surface area contributed by atoms with E-state index < -0.39 is 4.92 Å². The zero-order chi connectivity index (χ0) is 26.9. The third kappa shape index (κ3) is 4.95. The Morgan fingerprint density at radius 1 is 1.03 bits per heavy atom. The van der Waals surface area contributed by atoms with Crippen molar-refractivity contribution in [3.05, 3.63) is 105 Å². The number of allylic oxidation sites excluding steroid dienone is 1. The summed E-state index contributed by atoms with van der Waals surface area (Å²) in [5, 5.41) is 17.5. The summed E-state index contributed by atoms with van der Waals surface area (Å²) in [6, 6.07) is 20.2. The van der Waals surface area contributed by atoms with E-state index in [1.54, 1.807) is 12.1 Å². The van der Waals surface area contributed by atoms with E-state index in [2.05, 4.69) is 24.3 Å². The number of piperidine rings is 1. The normalized spacial score (nSPS) is 16.7. The van der Waals surface area contributed by atoms with Crippen molar-refractivity contribution in [2.24, 2.45) is 11.0 Å². The summed E-state index contributed by atoms with van der Waals surface area (Å²) in [6.07, 6.45) is 4.78. The van der Waals surface area contributed by atoms with Crippen LogP contribution in [-0.4, -0.2) is 46.5 Å². The minimum Gasteiger partial charge on any atom is -0.454 e. The number of carbonyl (C=O) groups is 1. The summed E-state index contributed by atoms with van der Waals surface area (Å²) in [7, 11) is 0. The van der Waals surface area contributed by atoms with Gasteiger partial charge in [-0.1, -0.05) is 30.3 Å². The van der Waals surface area contributed by atoms with Crippen molar-refractivity contribution in [1.29, 1.82) is 0 Å². The van der Waals surface area contributed by atoms with Gasteiger partial charge in [0.05, 0.1) is 10.6 Å². The average Bonchev–Trinajstić information content (AvgIpc) is 3.36. The van der Waals surface area contributed by atoms with Crippen molar-refractivity contribution in [3.8, 4) is 11.5 Å². The molecule has 9 heteroatoms. The van der Waals surface area contributed by atoms with Crippen LogP contribution in [0.15, 0.2) is 77.5 Å². The van der Waals surface area contributed by atoms with Gasteiger partial charge in [-0.25, -0.2) is 4.79 Å². The molecule has 3 aromatic carbocycles. The fourth-order valence-corrected chi connectivity index (χ4v) is 5.36. The van der Waals surface area contributed by atoms with E-state index in [0.29, 0.717) is 47.5 Å². The van der Waals surface area contributed by atoms with Crippen molar-refractivity contribution < 1.29 is 19.2 Å². The molecule has 0 atom stereocenters. The van der Waals surface area contributed by atoms with Gasteiger partial charge >= 0.3 is 6.03 Å². The van der Waals surface area contributed by atoms with Gasteiger partial charge in [0.2, 0.25) is 6.79 Å². The molecule has 0 aliphatic carbocycles. The molecule has 0 saturated carbocycles. The molecule has 39 heavy (non-hydrogen) atoms. The summed E-state index contributed by atoms with van der Waals surface area (Å²) in [6.45, 7) is 3.31. The molecule has 3 heterocycles. The number of nitro benzene ring substituents is 1. The summed E-state index contributed by atoms with van der Waals surface area (Å²) in [4.78, 5) is 26.5. The molecule has 0 radical (unpaired) electrons. The number of ether oxygens (including phenoxy) is 2. The van der Waals surface area contributed by atoms with E-state index in [9.17, 15) is 14.9 Å². The number of likely N-dealkylation sites (tertiary alicyclic amines) is 1. The number of rotatable bonds is 4. The lowest BCUT2D eigenvalue weighted by molar-refractivity contribution is -0.384. The first-order valence-corrected chi connectivity index (χ1v) is 13.0. The van der Waals surface area contributed by atoms with Gasteiger partial charge in [0.25, 0.3) is 5.69 Å². The Balaban J connectivity index is 1.30. The molecule has 3 aromatic rings. The van der Waals surface area contributed by atoms with Gasteiger partial charge in [-0.05, 0) is 73.6 Å². The van der Waals surface area contributed by atoms with Gasteiger partial charge in [0.15, 0.2) is 11.5 Å². The summed E-state index contributed by atoms with van der Waals surface area (Å²) in [5.41, 5.74) is 4.74. The molecule has 3 aliphatic rings. The zero-order valence-electron chi connectivity index (χ0n) is 21.6. The highest BCUT2D eigenvalue weighted by Crippen LogP contribution is 2.38. The highest BCUT2D eigenvalue weighted by molar-refractivity contribution is 6.16. The zero-order valence-corrected chi connectivity index (χ0v) is 21.6. The maximum atomic E-state index is 13.8. The van der Waals surface area contributed by atoms with E-state index >= 15 is 0 Å². The van der Waals surface area contributed by atoms with Crippen molar-refractivity contribution in [2.45, 2.75) is 26.2 Å². The molecular formula is C30H28N4O5. The van der Waals surface area contributed by atoms with Crippen LogP contribution < -0.4 is 9.47 Å². The molecule has 6 rings (SSSR count). The second-order valence-electron chi connectivity index (χ2n) is 10.0. The van der Waals surface area contributed by atoms with E-state index in [4.69, 9.17) is 14.6 Å². The number of urea groups is 1. The molecule has 0 N–H and O–H groups in total. The first-order chi connectivity index (χ1) is 19.0. The van der Waals surface area contributed by atoms with Crippen LogP contribution in [0.25, 0.3) is 6.08 Å². The largest absolute Gasteiger partial charge is 0.454 e. The van der Waals surface area contributed by atoms with Crippen LogP contribution in [0, 0.1) is 16.0 Å². The molecule has 1 fully saturated rings. The first kappa shape index (κ1) is 24.7.